The smallest absolute Gasteiger partial charge is 0.302 e. The molecular weight excluding hydrogens is 833 g/mol. The number of hydrogen-bond donors (Lipinski definition) is 4. The Balaban J connectivity index is 0.998. The summed E-state index contributed by atoms with van der Waals surface area (Å²) in [7, 11) is 0. The Labute approximate surface area is 372 Å². The molecule has 13 rings (SSSR count). The standard InChI is InChI=1S/C48H64O16/c1-23(49)59-19-39(5)31(63-25(3)51)11-13-41-21-61-47(57,35(53)33(39)41)45-17-27(7-9-29(41)45)43(37(45)55)15-16-44(43)28-8-10-30-42-14-12-32(64-26(4)52)40(6,20-60-24(2)50)34(42)36(54)48(58,62-22-42)46(30,18-28)38(44)56/h27-36,53-54,57-58H,7-22H2,1-6H3/t27-,28-,29+,30+,31+,32+,33-,34-,35+,36+,39-,40-,41-,42-,43+,44+,45+,46+,47-,48-/m1/s1. The molecule has 9 aliphatic carbocycles. The van der Waals surface area contributed by atoms with Crippen LogP contribution in [0.5, 0.6) is 0 Å². The number of Topliss-reactive ketones (excluding diaryl/α,β-unsaturated/α-hetero) is 2. The molecule has 0 aromatic carbocycles. The number of carbonyl (C=O) groups excluding carboxylic acids is 6. The summed E-state index contributed by atoms with van der Waals surface area (Å²) < 4.78 is 36.0. The van der Waals surface area contributed by atoms with Gasteiger partial charge in [0.15, 0.2) is 11.6 Å². The SMILES string of the molecule is CC(=O)OC[C@]1(C)[C@@H](OC(C)=O)CC[C@]23CO[C@](O)([C@@H](O)[C@H]12)[C@@]12C[C@@H](CC[C@@H]31)[C@@]1(CC[C@]13C(=O)[C@]14C[C@H]3CC[C@H]1[C@]13CC[C@H](OC(C)=O)[C@@](C)(COC(C)=O)[C@H]1[C@H](O)[C@@]4(O)OC3)C2=O. The Morgan fingerprint density at radius 3 is 1.27 bits per heavy atom. The minimum atomic E-state index is -2.37. The van der Waals surface area contributed by atoms with Crippen molar-refractivity contribution in [3.8, 4) is 0 Å². The number of esters is 4. The summed E-state index contributed by atoms with van der Waals surface area (Å²) in [5.74, 6) is -10.5. The molecule has 20 atom stereocenters. The van der Waals surface area contributed by atoms with E-state index in [-0.39, 0.29) is 62.7 Å². The summed E-state index contributed by atoms with van der Waals surface area (Å²) in [6, 6.07) is 0. The van der Waals surface area contributed by atoms with Crippen LogP contribution in [0.15, 0.2) is 0 Å². The molecule has 13 fully saturated rings. The van der Waals surface area contributed by atoms with E-state index in [0.29, 0.717) is 64.2 Å². The fourth-order valence-corrected chi connectivity index (χ4v) is 19.8. The highest BCUT2D eigenvalue weighted by Crippen LogP contribution is 2.88. The monoisotopic (exact) mass is 896 g/mol. The maximum atomic E-state index is 16.4. The van der Waals surface area contributed by atoms with E-state index in [1.165, 1.54) is 27.7 Å². The molecule has 8 bridgehead atoms. The fourth-order valence-electron chi connectivity index (χ4n) is 19.8. The molecule has 352 valence electrons. The van der Waals surface area contributed by atoms with E-state index in [1.807, 2.05) is 13.8 Å². The molecule has 0 aromatic heterocycles. The highest BCUT2D eigenvalue weighted by Gasteiger charge is 2.94. The third kappa shape index (κ3) is 4.37. The average Bonchev–Trinajstić information content (AvgIpc) is 3.56. The Morgan fingerprint density at radius 2 is 0.938 bits per heavy atom. The van der Waals surface area contributed by atoms with Crippen molar-refractivity contribution in [2.45, 2.75) is 155 Å². The molecule has 16 heteroatoms. The number of carbonyl (C=O) groups is 6. The van der Waals surface area contributed by atoms with E-state index in [1.54, 1.807) is 0 Å². The Bertz CT molecular complexity index is 2010. The van der Waals surface area contributed by atoms with Crippen LogP contribution in [0, 0.1) is 78.8 Å². The molecule has 4 aliphatic heterocycles. The predicted octanol–water partition coefficient (Wildman–Crippen LogP) is 2.71. The summed E-state index contributed by atoms with van der Waals surface area (Å²) >= 11 is 0. The van der Waals surface area contributed by atoms with Crippen LogP contribution in [-0.4, -0.2) is 118 Å². The van der Waals surface area contributed by atoms with Gasteiger partial charge in [-0.1, -0.05) is 13.8 Å². The number of fused-ring (bicyclic) bond motifs is 7. The molecule has 64 heavy (non-hydrogen) atoms. The second-order valence-electron chi connectivity index (χ2n) is 23.2. The van der Waals surface area contributed by atoms with E-state index in [0.717, 1.165) is 0 Å². The molecular formula is C48H64O16. The Morgan fingerprint density at radius 1 is 0.562 bits per heavy atom. The molecule has 0 unspecified atom stereocenters. The minimum Gasteiger partial charge on any atom is -0.465 e. The highest BCUT2D eigenvalue weighted by atomic mass is 16.7. The zero-order valence-electron chi connectivity index (χ0n) is 37.8. The van der Waals surface area contributed by atoms with Crippen LogP contribution in [0.2, 0.25) is 0 Å². The van der Waals surface area contributed by atoms with Gasteiger partial charge in [-0.25, -0.2) is 0 Å². The first kappa shape index (κ1) is 43.5. The molecule has 4 N–H and O–H groups in total. The van der Waals surface area contributed by atoms with E-state index in [4.69, 9.17) is 28.4 Å². The van der Waals surface area contributed by atoms with Crippen molar-refractivity contribution in [3.63, 3.8) is 0 Å². The number of ether oxygens (including phenoxy) is 6. The van der Waals surface area contributed by atoms with Gasteiger partial charge in [-0.3, -0.25) is 28.8 Å². The Hall–Kier alpha value is -3.02. The van der Waals surface area contributed by atoms with Crippen molar-refractivity contribution >= 4 is 35.4 Å². The maximum absolute atomic E-state index is 16.4. The topological polar surface area (TPSA) is 239 Å². The lowest BCUT2D eigenvalue weighted by molar-refractivity contribution is -0.444. The molecule has 9 saturated carbocycles. The first-order chi connectivity index (χ1) is 30.0. The Kier molecular flexibility index (Phi) is 8.80. The van der Waals surface area contributed by atoms with Crippen LogP contribution in [0.1, 0.15) is 119 Å². The fraction of sp³-hybridized carbons (Fsp3) is 0.875. The number of aliphatic hydroxyl groups excluding tert-OH is 2. The number of ketones is 2. The highest BCUT2D eigenvalue weighted by molar-refractivity contribution is 6.07. The van der Waals surface area contributed by atoms with Crippen molar-refractivity contribution < 1.29 is 77.6 Å². The second-order valence-corrected chi connectivity index (χ2v) is 23.2. The number of hydrogen-bond acceptors (Lipinski definition) is 16. The number of rotatable bonds is 6. The largest absolute Gasteiger partial charge is 0.465 e. The third-order valence-corrected chi connectivity index (χ3v) is 21.5. The van der Waals surface area contributed by atoms with Gasteiger partial charge in [-0.05, 0) is 101 Å². The quantitative estimate of drug-likeness (QED) is 0.222. The second kappa shape index (κ2) is 12.9. The van der Waals surface area contributed by atoms with Crippen LogP contribution in [0.4, 0.5) is 0 Å². The van der Waals surface area contributed by atoms with Gasteiger partial charge in [-0.15, -0.1) is 0 Å². The third-order valence-electron chi connectivity index (χ3n) is 21.5. The van der Waals surface area contributed by atoms with E-state index in [9.17, 15) is 39.6 Å². The lowest BCUT2D eigenvalue weighted by Gasteiger charge is -2.74. The van der Waals surface area contributed by atoms with Crippen LogP contribution < -0.4 is 0 Å². The van der Waals surface area contributed by atoms with Crippen LogP contribution in [0.25, 0.3) is 0 Å². The zero-order valence-corrected chi connectivity index (χ0v) is 37.8. The lowest BCUT2D eigenvalue weighted by atomic mass is 9.35. The number of aliphatic hydroxyl groups is 4. The summed E-state index contributed by atoms with van der Waals surface area (Å²) in [5.41, 5.74) is -9.63. The van der Waals surface area contributed by atoms with Gasteiger partial charge in [0, 0.05) is 72.0 Å². The van der Waals surface area contributed by atoms with Crippen LogP contribution in [0.3, 0.4) is 0 Å². The van der Waals surface area contributed by atoms with Gasteiger partial charge in [0.25, 0.3) is 0 Å². The van der Waals surface area contributed by atoms with Crippen LogP contribution >= 0.6 is 0 Å². The van der Waals surface area contributed by atoms with Gasteiger partial charge in [0.05, 0.1) is 24.0 Å². The molecule has 6 spiro atoms. The summed E-state index contributed by atoms with van der Waals surface area (Å²) in [4.78, 5) is 82.3. The van der Waals surface area contributed by atoms with Gasteiger partial charge < -0.3 is 48.8 Å². The first-order valence-electron chi connectivity index (χ1n) is 23.8. The normalized spacial score (nSPS) is 56.7. The van der Waals surface area contributed by atoms with E-state index in [2.05, 4.69) is 0 Å². The summed E-state index contributed by atoms with van der Waals surface area (Å²) in [5, 5.41) is 51.9. The molecule has 13 aliphatic rings. The van der Waals surface area contributed by atoms with E-state index < -0.39 is 127 Å². The van der Waals surface area contributed by atoms with Gasteiger partial charge >= 0.3 is 23.9 Å². The van der Waals surface area contributed by atoms with Crippen molar-refractivity contribution in [2.24, 2.45) is 78.8 Å². The van der Waals surface area contributed by atoms with Crippen molar-refractivity contribution in [3.05, 3.63) is 0 Å². The van der Waals surface area contributed by atoms with Crippen LogP contribution in [-0.2, 0) is 57.2 Å². The van der Waals surface area contributed by atoms with E-state index >= 15 is 9.59 Å². The van der Waals surface area contributed by atoms with Crippen molar-refractivity contribution in [1.29, 1.82) is 0 Å². The summed E-state index contributed by atoms with van der Waals surface area (Å²) in [6.45, 7) is 8.53. The van der Waals surface area contributed by atoms with Gasteiger partial charge in [0.2, 0.25) is 11.6 Å². The van der Waals surface area contributed by atoms with Gasteiger partial charge in [0.1, 0.15) is 37.6 Å². The van der Waals surface area contributed by atoms with Crippen molar-refractivity contribution in [2.75, 3.05) is 26.4 Å². The molecule has 4 heterocycles. The predicted molar refractivity (Wildman–Crippen MR) is 215 cm³/mol. The maximum Gasteiger partial charge on any atom is 0.302 e. The zero-order chi connectivity index (χ0) is 45.8. The minimum absolute atomic E-state index is 0.0444. The molecule has 0 aromatic rings. The molecule has 16 nitrogen and oxygen atoms in total. The molecule has 0 radical (unpaired) electrons. The van der Waals surface area contributed by atoms with Crippen molar-refractivity contribution in [1.82, 2.24) is 0 Å². The molecule has 0 amide bonds. The summed E-state index contributed by atoms with van der Waals surface area (Å²) in [6.07, 6.45) is 0.249. The average molecular weight is 897 g/mol. The van der Waals surface area contributed by atoms with Gasteiger partial charge in [-0.2, -0.15) is 0 Å². The molecule has 4 saturated heterocycles. The lowest BCUT2D eigenvalue weighted by Crippen LogP contribution is -2.84. The first-order valence-corrected chi connectivity index (χ1v) is 23.8.